The number of amides is 1. The van der Waals surface area contributed by atoms with Crippen LogP contribution in [0.5, 0.6) is 0 Å². The Balaban J connectivity index is 1.45. The molecule has 1 saturated heterocycles. The minimum Gasteiger partial charge on any atom is -0.411 e. The zero-order valence-electron chi connectivity index (χ0n) is 17.4. The van der Waals surface area contributed by atoms with Crippen molar-refractivity contribution in [1.82, 2.24) is 10.2 Å². The first-order valence-electron chi connectivity index (χ1n) is 10.3. The van der Waals surface area contributed by atoms with Gasteiger partial charge in [0.05, 0.1) is 22.7 Å². The highest BCUT2D eigenvalue weighted by Crippen LogP contribution is 2.36. The molecule has 1 aliphatic heterocycles. The fourth-order valence-corrected chi connectivity index (χ4v) is 4.51. The summed E-state index contributed by atoms with van der Waals surface area (Å²) in [5, 5.41) is 10.7. The highest BCUT2D eigenvalue weighted by atomic mass is 79.9. The van der Waals surface area contributed by atoms with Crippen LogP contribution >= 0.6 is 27.7 Å². The van der Waals surface area contributed by atoms with Crippen LogP contribution in [0.4, 0.5) is 24.5 Å². The molecule has 2 heterocycles. The second kappa shape index (κ2) is 10.2. The average Bonchev–Trinajstić information content (AvgIpc) is 3.27. The Hall–Kier alpha value is -2.53. The average molecular weight is 541 g/mol. The second-order valence-corrected chi connectivity index (χ2v) is 9.34. The molecule has 0 atom stereocenters. The zero-order chi connectivity index (χ0) is 23.4. The van der Waals surface area contributed by atoms with Crippen molar-refractivity contribution in [3.63, 3.8) is 0 Å². The fraction of sp³-hybridized carbons (Fsp3) is 0.318. The summed E-state index contributed by atoms with van der Waals surface area (Å²) in [5.41, 5.74) is 0.665. The first-order valence-corrected chi connectivity index (χ1v) is 12.1. The van der Waals surface area contributed by atoms with Crippen molar-refractivity contribution in [3.05, 3.63) is 52.5 Å². The number of nitrogens with zero attached hydrogens (tertiary/aromatic N) is 3. The third-order valence-electron chi connectivity index (χ3n) is 5.10. The van der Waals surface area contributed by atoms with Crippen LogP contribution in [-0.2, 0) is 11.0 Å². The van der Waals surface area contributed by atoms with Crippen molar-refractivity contribution in [1.29, 1.82) is 0 Å². The van der Waals surface area contributed by atoms with E-state index >= 15 is 0 Å². The predicted octanol–water partition coefficient (Wildman–Crippen LogP) is 6.24. The maximum atomic E-state index is 13.3. The standard InChI is InChI=1S/C22H20BrF3N4O2S/c23-16-6-4-5-14(11-16)20-28-29-21(32-20)33-13-19(31)27-17-12-15(22(24,25)26)7-8-18(17)30-9-2-1-3-10-30/h4-8,11-12H,1-3,9-10,13H2,(H,27,31). The Labute approximate surface area is 201 Å². The fourth-order valence-electron chi connectivity index (χ4n) is 3.54. The van der Waals surface area contributed by atoms with Gasteiger partial charge in [-0.2, -0.15) is 13.2 Å². The normalized spacial score (nSPS) is 14.4. The van der Waals surface area contributed by atoms with Gasteiger partial charge in [-0.1, -0.05) is 33.8 Å². The molecule has 1 fully saturated rings. The van der Waals surface area contributed by atoms with E-state index in [1.807, 2.05) is 29.2 Å². The maximum absolute atomic E-state index is 13.3. The highest BCUT2D eigenvalue weighted by molar-refractivity contribution is 9.10. The molecule has 1 aliphatic rings. The quantitative estimate of drug-likeness (QED) is 0.373. The van der Waals surface area contributed by atoms with Crippen LogP contribution in [0.3, 0.4) is 0 Å². The summed E-state index contributed by atoms with van der Waals surface area (Å²) in [6.45, 7) is 1.48. The molecule has 0 saturated carbocycles. The smallest absolute Gasteiger partial charge is 0.411 e. The number of carbonyl (C=O) groups is 1. The van der Waals surface area contributed by atoms with Gasteiger partial charge in [0.1, 0.15) is 0 Å². The number of hydrogen-bond donors (Lipinski definition) is 1. The molecular formula is C22H20BrF3N4O2S. The van der Waals surface area contributed by atoms with Crippen molar-refractivity contribution < 1.29 is 22.4 Å². The van der Waals surface area contributed by atoms with Gasteiger partial charge in [-0.05, 0) is 55.7 Å². The van der Waals surface area contributed by atoms with Crippen LogP contribution in [0.1, 0.15) is 24.8 Å². The van der Waals surface area contributed by atoms with Gasteiger partial charge in [0.25, 0.3) is 5.22 Å². The van der Waals surface area contributed by atoms with Crippen molar-refractivity contribution >= 4 is 45.0 Å². The van der Waals surface area contributed by atoms with Gasteiger partial charge in [-0.15, -0.1) is 10.2 Å². The molecule has 1 aromatic heterocycles. The lowest BCUT2D eigenvalue weighted by Crippen LogP contribution is -2.30. The summed E-state index contributed by atoms with van der Waals surface area (Å²) in [4.78, 5) is 14.6. The molecule has 4 rings (SSSR count). The molecule has 6 nitrogen and oxygen atoms in total. The number of benzene rings is 2. The molecule has 11 heteroatoms. The summed E-state index contributed by atoms with van der Waals surface area (Å²) < 4.78 is 46.2. The highest BCUT2D eigenvalue weighted by Gasteiger charge is 2.32. The zero-order valence-corrected chi connectivity index (χ0v) is 19.8. The lowest BCUT2D eigenvalue weighted by Gasteiger charge is -2.31. The summed E-state index contributed by atoms with van der Waals surface area (Å²) in [5.74, 6) is -0.236. The molecule has 33 heavy (non-hydrogen) atoms. The van der Waals surface area contributed by atoms with E-state index in [1.54, 1.807) is 0 Å². The molecular weight excluding hydrogens is 521 g/mol. The molecule has 0 unspecified atom stereocenters. The maximum Gasteiger partial charge on any atom is 0.416 e. The van der Waals surface area contributed by atoms with Gasteiger partial charge < -0.3 is 14.6 Å². The molecule has 0 radical (unpaired) electrons. The largest absolute Gasteiger partial charge is 0.416 e. The Bertz CT molecular complexity index is 1130. The number of halogens is 4. The third kappa shape index (κ3) is 6.08. The van der Waals surface area contributed by atoms with E-state index in [1.165, 1.54) is 6.07 Å². The molecule has 174 valence electrons. The van der Waals surface area contributed by atoms with Gasteiger partial charge in [0, 0.05) is 23.1 Å². The number of piperidine rings is 1. The van der Waals surface area contributed by atoms with E-state index < -0.39 is 17.6 Å². The van der Waals surface area contributed by atoms with Gasteiger partial charge in [0.15, 0.2) is 0 Å². The first-order chi connectivity index (χ1) is 15.8. The van der Waals surface area contributed by atoms with Crippen LogP contribution in [0.25, 0.3) is 11.5 Å². The van der Waals surface area contributed by atoms with E-state index in [-0.39, 0.29) is 16.7 Å². The van der Waals surface area contributed by atoms with Crippen LogP contribution in [0.15, 0.2) is 56.6 Å². The van der Waals surface area contributed by atoms with Crippen LogP contribution in [0.2, 0.25) is 0 Å². The van der Waals surface area contributed by atoms with Crippen LogP contribution < -0.4 is 10.2 Å². The number of rotatable bonds is 6. The van der Waals surface area contributed by atoms with E-state index in [4.69, 9.17) is 4.42 Å². The molecule has 1 N–H and O–H groups in total. The van der Waals surface area contributed by atoms with Crippen molar-refractivity contribution in [3.8, 4) is 11.5 Å². The van der Waals surface area contributed by atoms with Crippen molar-refractivity contribution in [2.45, 2.75) is 30.7 Å². The molecule has 0 bridgehead atoms. The van der Waals surface area contributed by atoms with Crippen LogP contribution in [0, 0.1) is 0 Å². The Morgan fingerprint density at radius 3 is 2.64 bits per heavy atom. The number of hydrogen-bond acceptors (Lipinski definition) is 6. The molecule has 0 spiro atoms. The SMILES string of the molecule is O=C(CSc1nnc(-c2cccc(Br)c2)o1)Nc1cc(C(F)(F)F)ccc1N1CCCCC1. The second-order valence-electron chi connectivity index (χ2n) is 7.50. The van der Waals surface area contributed by atoms with Gasteiger partial charge >= 0.3 is 6.18 Å². The molecule has 0 aliphatic carbocycles. The number of thioether (sulfide) groups is 1. The minimum absolute atomic E-state index is 0.0875. The monoisotopic (exact) mass is 540 g/mol. The lowest BCUT2D eigenvalue weighted by molar-refractivity contribution is -0.137. The van der Waals surface area contributed by atoms with Gasteiger partial charge in [-0.25, -0.2) is 0 Å². The molecule has 1 amide bonds. The van der Waals surface area contributed by atoms with Gasteiger partial charge in [0.2, 0.25) is 11.8 Å². The number of aromatic nitrogens is 2. The van der Waals surface area contributed by atoms with Crippen molar-refractivity contribution in [2.24, 2.45) is 0 Å². The van der Waals surface area contributed by atoms with E-state index in [0.29, 0.717) is 11.6 Å². The first kappa shape index (κ1) is 23.6. The Kier molecular flexibility index (Phi) is 7.28. The molecule has 2 aromatic carbocycles. The van der Waals surface area contributed by atoms with Gasteiger partial charge in [-0.3, -0.25) is 4.79 Å². The van der Waals surface area contributed by atoms with E-state index in [0.717, 1.165) is 66.3 Å². The summed E-state index contributed by atoms with van der Waals surface area (Å²) >= 11 is 4.40. The van der Waals surface area contributed by atoms with Crippen LogP contribution in [-0.4, -0.2) is 34.9 Å². The number of carbonyl (C=O) groups excluding carboxylic acids is 1. The number of anilines is 2. The lowest BCUT2D eigenvalue weighted by atomic mass is 10.1. The summed E-state index contributed by atoms with van der Waals surface area (Å²) in [6.07, 6.45) is -1.49. The molecule has 3 aromatic rings. The number of nitrogens with one attached hydrogen (secondary N) is 1. The number of alkyl halides is 3. The third-order valence-corrected chi connectivity index (χ3v) is 6.41. The summed E-state index contributed by atoms with van der Waals surface area (Å²) in [6, 6.07) is 10.8. The Morgan fingerprint density at radius 1 is 1.12 bits per heavy atom. The van der Waals surface area contributed by atoms with E-state index in [2.05, 4.69) is 31.4 Å². The summed E-state index contributed by atoms with van der Waals surface area (Å²) in [7, 11) is 0. The van der Waals surface area contributed by atoms with E-state index in [9.17, 15) is 18.0 Å². The van der Waals surface area contributed by atoms with Crippen molar-refractivity contribution in [2.75, 3.05) is 29.1 Å². The topological polar surface area (TPSA) is 71.3 Å². The predicted molar refractivity (Wildman–Crippen MR) is 124 cm³/mol. The minimum atomic E-state index is -4.50. The Morgan fingerprint density at radius 2 is 1.91 bits per heavy atom.